The van der Waals surface area contributed by atoms with E-state index in [1.807, 2.05) is 30.3 Å². The van der Waals surface area contributed by atoms with Crippen molar-refractivity contribution in [2.45, 2.75) is 6.54 Å². The van der Waals surface area contributed by atoms with Gasteiger partial charge in [-0.25, -0.2) is 9.78 Å². The van der Waals surface area contributed by atoms with Gasteiger partial charge in [0, 0.05) is 22.0 Å². The Morgan fingerprint density at radius 1 is 0.917 bits per heavy atom. The van der Waals surface area contributed by atoms with Gasteiger partial charge < -0.3 is 20.8 Å². The Kier molecular flexibility index (Phi) is 7.41. The smallest absolute Gasteiger partial charge is 0.352 e. The van der Waals surface area contributed by atoms with E-state index in [0.717, 1.165) is 10.9 Å². The molecular weight excluding hydrogens is 526 g/mol. The van der Waals surface area contributed by atoms with E-state index < -0.39 is 11.9 Å². The van der Waals surface area contributed by atoms with Gasteiger partial charge in [-0.2, -0.15) is 0 Å². The molecule has 3 aromatic carbocycles. The second-order valence-electron chi connectivity index (χ2n) is 7.79. The number of para-hydroxylation sites is 1. The lowest BCUT2D eigenvalue weighted by atomic mass is 10.1. The number of amides is 2. The minimum absolute atomic E-state index is 0.103. The van der Waals surface area contributed by atoms with Gasteiger partial charge in [0.2, 0.25) is 0 Å². The normalized spacial score (nSPS) is 11.2. The van der Waals surface area contributed by atoms with E-state index in [4.69, 9.17) is 0 Å². The molecule has 4 aromatic rings. The van der Waals surface area contributed by atoms with Crippen molar-refractivity contribution >= 4 is 50.7 Å². The van der Waals surface area contributed by atoms with Gasteiger partial charge in [-0.1, -0.05) is 36.4 Å². The number of phenolic OH excluding ortho intramolecular Hbond substituents is 1. The molecule has 1 heterocycles. The quantitative estimate of drug-likeness (QED) is 0.253. The summed E-state index contributed by atoms with van der Waals surface area (Å²) >= 11 is 3.29. The number of phenols is 1. The Bertz CT molecular complexity index is 1520. The topological polar surface area (TPSA) is 129 Å². The molecule has 0 aliphatic carbocycles. The fourth-order valence-electron chi connectivity index (χ4n) is 3.44. The van der Waals surface area contributed by atoms with Crippen LogP contribution in [0.15, 0.2) is 89.0 Å². The number of halogens is 1. The molecule has 0 radical (unpaired) electrons. The second kappa shape index (κ2) is 10.8. The summed E-state index contributed by atoms with van der Waals surface area (Å²) in [7, 11) is 0. The summed E-state index contributed by atoms with van der Waals surface area (Å²) in [6.07, 6.45) is 1.28. The first kappa shape index (κ1) is 24.6. The van der Waals surface area contributed by atoms with Crippen molar-refractivity contribution in [1.82, 2.24) is 15.6 Å². The van der Waals surface area contributed by atoms with E-state index in [2.05, 4.69) is 31.5 Å². The summed E-state index contributed by atoms with van der Waals surface area (Å²) in [6, 6.07) is 21.8. The number of carbonyl (C=O) groups excluding carboxylic acids is 2. The summed E-state index contributed by atoms with van der Waals surface area (Å²) in [4.78, 5) is 41.5. The number of aromatic hydroxyl groups is 1. The molecule has 1 aromatic heterocycles. The zero-order valence-electron chi connectivity index (χ0n) is 18.7. The van der Waals surface area contributed by atoms with Crippen LogP contribution in [0.2, 0.25) is 0 Å². The number of hydrogen-bond acceptors (Lipinski definition) is 5. The van der Waals surface area contributed by atoms with Gasteiger partial charge in [0.1, 0.15) is 11.4 Å². The molecule has 0 unspecified atom stereocenters. The lowest BCUT2D eigenvalue weighted by Crippen LogP contribution is -2.28. The van der Waals surface area contributed by atoms with Crippen molar-refractivity contribution in [3.8, 4) is 5.75 Å². The summed E-state index contributed by atoms with van der Waals surface area (Å²) < 4.78 is 0.318. The van der Waals surface area contributed by atoms with Gasteiger partial charge in [0.25, 0.3) is 11.8 Å². The second-order valence-corrected chi connectivity index (χ2v) is 8.65. The zero-order valence-corrected chi connectivity index (χ0v) is 20.3. The number of aliphatic carboxylic acids is 1. The number of rotatable bonds is 7. The van der Waals surface area contributed by atoms with Crippen molar-refractivity contribution in [2.24, 2.45) is 0 Å². The molecule has 2 amide bonds. The number of nitrogens with one attached hydrogen (secondary N) is 2. The van der Waals surface area contributed by atoms with Crippen LogP contribution in [0.1, 0.15) is 32.0 Å². The number of pyridine rings is 1. The molecule has 9 heteroatoms. The minimum atomic E-state index is -1.32. The van der Waals surface area contributed by atoms with Crippen molar-refractivity contribution < 1.29 is 24.6 Å². The highest BCUT2D eigenvalue weighted by molar-refractivity contribution is 9.10. The molecule has 180 valence electrons. The molecule has 0 atom stereocenters. The third kappa shape index (κ3) is 5.94. The number of carbonyl (C=O) groups is 3. The molecule has 0 saturated carbocycles. The van der Waals surface area contributed by atoms with E-state index in [-0.39, 0.29) is 29.5 Å². The highest BCUT2D eigenvalue weighted by Crippen LogP contribution is 2.20. The van der Waals surface area contributed by atoms with E-state index in [0.29, 0.717) is 21.2 Å². The fraction of sp³-hybridized carbons (Fsp3) is 0.0370. The Balaban J connectivity index is 1.48. The lowest BCUT2D eigenvalue weighted by molar-refractivity contribution is -0.132. The molecule has 4 rings (SSSR count). The van der Waals surface area contributed by atoms with E-state index in [1.54, 1.807) is 24.3 Å². The van der Waals surface area contributed by atoms with Gasteiger partial charge in [-0.3, -0.25) is 9.59 Å². The van der Waals surface area contributed by atoms with Crippen LogP contribution in [-0.2, 0) is 11.3 Å². The predicted octanol–water partition coefficient (Wildman–Crippen LogP) is 4.49. The van der Waals surface area contributed by atoms with E-state index >= 15 is 0 Å². The van der Waals surface area contributed by atoms with Crippen LogP contribution in [0, 0.1) is 0 Å². The van der Waals surface area contributed by atoms with Crippen molar-refractivity contribution in [2.75, 3.05) is 0 Å². The molecule has 0 bridgehead atoms. The van der Waals surface area contributed by atoms with Gasteiger partial charge in [-0.05, 0) is 70.0 Å². The summed E-state index contributed by atoms with van der Waals surface area (Å²) in [5.41, 5.74) is 1.91. The van der Waals surface area contributed by atoms with Crippen LogP contribution in [-0.4, -0.2) is 33.0 Å². The standard InChI is InChI=1S/C27H20BrN3O5/c28-22-13-18(25(33)29-15-16-4-3-6-20(32)12-16)9-11-21(22)26(34)31-24(27(35)36)14-19-10-8-17-5-1-2-7-23(17)30-19/h1-14,32H,15H2,(H,29,33)(H,31,34)(H,35,36)/b24-14+. The first-order valence-corrected chi connectivity index (χ1v) is 11.6. The SMILES string of the molecule is O=C(O)/C(=C\c1ccc2ccccc2n1)NC(=O)c1ccc(C(=O)NCc2cccc(O)c2)cc1Br. The number of aromatic nitrogens is 1. The number of carboxylic acids is 1. The lowest BCUT2D eigenvalue weighted by Gasteiger charge is -2.10. The van der Waals surface area contributed by atoms with Gasteiger partial charge in [0.15, 0.2) is 0 Å². The Labute approximate surface area is 214 Å². The number of carboxylic acid groups (broad SMARTS) is 1. The number of fused-ring (bicyclic) bond motifs is 1. The zero-order chi connectivity index (χ0) is 25.7. The molecule has 0 spiro atoms. The maximum absolute atomic E-state index is 12.8. The van der Waals surface area contributed by atoms with Crippen molar-refractivity contribution in [1.29, 1.82) is 0 Å². The van der Waals surface area contributed by atoms with Gasteiger partial charge in [0.05, 0.1) is 16.8 Å². The molecule has 8 nitrogen and oxygen atoms in total. The highest BCUT2D eigenvalue weighted by Gasteiger charge is 2.18. The summed E-state index contributed by atoms with van der Waals surface area (Å²) in [6.45, 7) is 0.211. The third-order valence-electron chi connectivity index (χ3n) is 5.23. The molecule has 0 aliphatic heterocycles. The largest absolute Gasteiger partial charge is 0.508 e. The maximum atomic E-state index is 12.8. The Hall–Kier alpha value is -4.50. The molecule has 0 saturated heterocycles. The Morgan fingerprint density at radius 2 is 1.72 bits per heavy atom. The Morgan fingerprint density at radius 3 is 2.47 bits per heavy atom. The summed E-state index contributed by atoms with van der Waals surface area (Å²) in [5.74, 6) is -2.26. The third-order valence-corrected chi connectivity index (χ3v) is 5.89. The number of benzene rings is 3. The molecule has 0 fully saturated rings. The maximum Gasteiger partial charge on any atom is 0.352 e. The van der Waals surface area contributed by atoms with Gasteiger partial charge >= 0.3 is 5.97 Å². The fourth-order valence-corrected chi connectivity index (χ4v) is 4.00. The number of nitrogens with zero attached hydrogens (tertiary/aromatic N) is 1. The summed E-state index contributed by atoms with van der Waals surface area (Å²) in [5, 5.41) is 25.2. The number of hydrogen-bond donors (Lipinski definition) is 4. The van der Waals surface area contributed by atoms with E-state index in [9.17, 15) is 24.6 Å². The van der Waals surface area contributed by atoms with Crippen LogP contribution in [0.25, 0.3) is 17.0 Å². The molecule has 4 N–H and O–H groups in total. The van der Waals surface area contributed by atoms with Crippen LogP contribution in [0.4, 0.5) is 0 Å². The van der Waals surface area contributed by atoms with Crippen LogP contribution in [0.5, 0.6) is 5.75 Å². The molecular formula is C27H20BrN3O5. The van der Waals surface area contributed by atoms with Crippen molar-refractivity contribution in [3.63, 3.8) is 0 Å². The van der Waals surface area contributed by atoms with Crippen molar-refractivity contribution in [3.05, 3.63) is 111 Å². The van der Waals surface area contributed by atoms with Gasteiger partial charge in [-0.15, -0.1) is 0 Å². The first-order chi connectivity index (χ1) is 17.3. The van der Waals surface area contributed by atoms with Crippen LogP contribution >= 0.6 is 15.9 Å². The van der Waals surface area contributed by atoms with E-state index in [1.165, 1.54) is 30.3 Å². The first-order valence-electron chi connectivity index (χ1n) is 10.8. The molecule has 36 heavy (non-hydrogen) atoms. The average Bonchev–Trinajstić information content (AvgIpc) is 2.86. The predicted molar refractivity (Wildman–Crippen MR) is 138 cm³/mol. The minimum Gasteiger partial charge on any atom is -0.508 e. The average molecular weight is 546 g/mol. The highest BCUT2D eigenvalue weighted by atomic mass is 79.9. The van der Waals surface area contributed by atoms with Crippen LogP contribution < -0.4 is 10.6 Å². The van der Waals surface area contributed by atoms with Crippen LogP contribution in [0.3, 0.4) is 0 Å². The molecule has 0 aliphatic rings. The monoisotopic (exact) mass is 545 g/mol.